The molecule has 2 heterocycles. The number of fused-ring (bicyclic) bond motifs is 1. The number of nitrogens with one attached hydrogen (secondary N) is 2. The number of amides is 1. The van der Waals surface area contributed by atoms with Gasteiger partial charge in [-0.3, -0.25) is 14.2 Å². The number of aromatic nitrogens is 3. The monoisotopic (exact) mass is 423 g/mol. The minimum absolute atomic E-state index is 0.106. The van der Waals surface area contributed by atoms with Crippen molar-refractivity contribution in [3.05, 3.63) is 72.7 Å². The van der Waals surface area contributed by atoms with Crippen LogP contribution < -0.4 is 15.4 Å². The van der Waals surface area contributed by atoms with Crippen molar-refractivity contribution < 1.29 is 18.3 Å². The summed E-state index contributed by atoms with van der Waals surface area (Å²) < 4.78 is 33.5. The fourth-order valence-corrected chi connectivity index (χ4v) is 3.14. The molecular formula is C22H19F2N5O2. The quantitative estimate of drug-likeness (QED) is 0.467. The lowest BCUT2D eigenvalue weighted by atomic mass is 10.1. The average Bonchev–Trinajstić information content (AvgIpc) is 3.15. The Labute approximate surface area is 176 Å². The van der Waals surface area contributed by atoms with Crippen molar-refractivity contribution in [2.45, 2.75) is 6.42 Å². The van der Waals surface area contributed by atoms with Gasteiger partial charge < -0.3 is 15.4 Å². The van der Waals surface area contributed by atoms with E-state index in [9.17, 15) is 13.6 Å². The smallest absolute Gasteiger partial charge is 0.226 e. The average molecular weight is 423 g/mol. The third kappa shape index (κ3) is 4.45. The number of methoxy groups -OCH3 is 1. The maximum Gasteiger partial charge on any atom is 0.226 e. The summed E-state index contributed by atoms with van der Waals surface area (Å²) in [6.45, 7) is 0.294. The van der Waals surface area contributed by atoms with Gasteiger partial charge in [-0.1, -0.05) is 12.1 Å². The zero-order chi connectivity index (χ0) is 21.8. The van der Waals surface area contributed by atoms with E-state index in [2.05, 4.69) is 20.6 Å². The van der Waals surface area contributed by atoms with E-state index in [-0.39, 0.29) is 18.0 Å². The van der Waals surface area contributed by atoms with E-state index >= 15 is 0 Å². The predicted octanol–water partition coefficient (Wildman–Crippen LogP) is 4.12. The molecule has 7 nitrogen and oxygen atoms in total. The Morgan fingerprint density at radius 2 is 2.03 bits per heavy atom. The number of rotatable bonds is 7. The van der Waals surface area contributed by atoms with Gasteiger partial charge in [0.05, 0.1) is 13.3 Å². The van der Waals surface area contributed by atoms with Crippen molar-refractivity contribution >= 4 is 23.1 Å². The molecule has 0 aliphatic heterocycles. The topological polar surface area (TPSA) is 80.6 Å². The van der Waals surface area contributed by atoms with Gasteiger partial charge in [0.15, 0.2) is 17.3 Å². The molecule has 31 heavy (non-hydrogen) atoms. The Morgan fingerprint density at radius 3 is 2.84 bits per heavy atom. The van der Waals surface area contributed by atoms with Crippen LogP contribution in [0, 0.1) is 11.6 Å². The highest BCUT2D eigenvalue weighted by Crippen LogP contribution is 2.30. The lowest BCUT2D eigenvalue weighted by Gasteiger charge is -2.10. The third-order valence-electron chi connectivity index (χ3n) is 4.62. The number of hydrogen-bond acceptors (Lipinski definition) is 5. The first-order chi connectivity index (χ1) is 15.0. The summed E-state index contributed by atoms with van der Waals surface area (Å²) in [7, 11) is 1.59. The molecule has 0 saturated carbocycles. The van der Waals surface area contributed by atoms with Crippen LogP contribution in [-0.2, 0) is 4.79 Å². The number of ether oxygens (including phenoxy) is 1. The van der Waals surface area contributed by atoms with Crippen LogP contribution in [0.3, 0.4) is 0 Å². The van der Waals surface area contributed by atoms with Gasteiger partial charge >= 0.3 is 0 Å². The number of nitrogens with zero attached hydrogens (tertiary/aromatic N) is 3. The number of halogens is 2. The second kappa shape index (κ2) is 8.78. The van der Waals surface area contributed by atoms with Gasteiger partial charge in [-0.05, 0) is 24.3 Å². The van der Waals surface area contributed by atoms with Crippen molar-refractivity contribution in [2.24, 2.45) is 0 Å². The highest BCUT2D eigenvalue weighted by molar-refractivity contribution is 5.91. The Hall–Kier alpha value is -4.01. The van der Waals surface area contributed by atoms with Crippen molar-refractivity contribution in [3.8, 4) is 17.0 Å². The van der Waals surface area contributed by atoms with Gasteiger partial charge in [0, 0.05) is 42.7 Å². The molecule has 2 aromatic heterocycles. The molecular weight excluding hydrogens is 404 g/mol. The molecule has 0 aliphatic carbocycles. The number of benzene rings is 2. The van der Waals surface area contributed by atoms with Crippen LogP contribution in [0.5, 0.6) is 5.75 Å². The van der Waals surface area contributed by atoms with Gasteiger partial charge in [0.2, 0.25) is 5.91 Å². The van der Waals surface area contributed by atoms with E-state index in [0.717, 1.165) is 17.7 Å². The van der Waals surface area contributed by atoms with E-state index < -0.39 is 11.6 Å². The Bertz CT molecular complexity index is 1240. The summed E-state index contributed by atoms with van der Waals surface area (Å²) in [5.41, 5.74) is 2.38. The molecule has 0 atom stereocenters. The first-order valence-corrected chi connectivity index (χ1v) is 9.50. The van der Waals surface area contributed by atoms with Gasteiger partial charge in [-0.25, -0.2) is 13.8 Å². The fourth-order valence-electron chi connectivity index (χ4n) is 3.14. The van der Waals surface area contributed by atoms with Crippen molar-refractivity contribution in [1.82, 2.24) is 14.4 Å². The lowest BCUT2D eigenvalue weighted by molar-refractivity contribution is -0.115. The summed E-state index contributed by atoms with van der Waals surface area (Å²) in [5, 5.41) is 5.80. The summed E-state index contributed by atoms with van der Waals surface area (Å²) in [6, 6.07) is 10.7. The number of anilines is 2. The number of imidazole rings is 1. The SMILES string of the molecule is COc1cccc(-c2nc3cnccn3c2NCCC(=O)Nc2ccc(F)c(F)c2)c1. The fraction of sp³-hybridized carbons (Fsp3) is 0.136. The second-order valence-electron chi connectivity index (χ2n) is 6.70. The second-order valence-corrected chi connectivity index (χ2v) is 6.70. The molecule has 2 N–H and O–H groups in total. The summed E-state index contributed by atoms with van der Waals surface area (Å²) in [6.07, 6.45) is 5.17. The Balaban J connectivity index is 1.51. The maximum atomic E-state index is 13.3. The van der Waals surface area contributed by atoms with Crippen LogP contribution in [0.25, 0.3) is 16.9 Å². The summed E-state index contributed by atoms with van der Waals surface area (Å²) in [5.74, 6) is -0.919. The largest absolute Gasteiger partial charge is 0.497 e. The first-order valence-electron chi connectivity index (χ1n) is 9.50. The molecule has 4 rings (SSSR count). The van der Waals surface area contributed by atoms with Crippen LogP contribution in [0.4, 0.5) is 20.3 Å². The van der Waals surface area contributed by atoms with Crippen LogP contribution in [-0.4, -0.2) is 33.9 Å². The minimum Gasteiger partial charge on any atom is -0.497 e. The molecule has 0 radical (unpaired) electrons. The molecule has 0 bridgehead atoms. The van der Waals surface area contributed by atoms with Crippen molar-refractivity contribution in [2.75, 3.05) is 24.3 Å². The predicted molar refractivity (Wildman–Crippen MR) is 113 cm³/mol. The van der Waals surface area contributed by atoms with Gasteiger partial charge in [-0.2, -0.15) is 0 Å². The molecule has 0 unspecified atom stereocenters. The molecule has 0 spiro atoms. The van der Waals surface area contributed by atoms with E-state index in [1.807, 2.05) is 28.7 Å². The molecule has 158 valence electrons. The van der Waals surface area contributed by atoms with Crippen LogP contribution >= 0.6 is 0 Å². The Morgan fingerprint density at radius 1 is 1.16 bits per heavy atom. The van der Waals surface area contributed by atoms with Crippen LogP contribution in [0.2, 0.25) is 0 Å². The zero-order valence-electron chi connectivity index (χ0n) is 16.6. The van der Waals surface area contributed by atoms with Crippen molar-refractivity contribution in [3.63, 3.8) is 0 Å². The molecule has 0 fully saturated rings. The molecule has 1 amide bonds. The lowest BCUT2D eigenvalue weighted by Crippen LogP contribution is -2.17. The zero-order valence-corrected chi connectivity index (χ0v) is 16.6. The van der Waals surface area contributed by atoms with Crippen LogP contribution in [0.1, 0.15) is 6.42 Å². The number of carbonyl (C=O) groups excluding carboxylic acids is 1. The number of hydrogen-bond donors (Lipinski definition) is 2. The first kappa shape index (κ1) is 20.3. The summed E-state index contributed by atoms with van der Waals surface area (Å²) >= 11 is 0. The number of carbonyl (C=O) groups is 1. The highest BCUT2D eigenvalue weighted by atomic mass is 19.2. The van der Waals surface area contributed by atoms with E-state index in [1.165, 1.54) is 6.07 Å². The molecule has 9 heteroatoms. The van der Waals surface area contributed by atoms with Crippen molar-refractivity contribution in [1.29, 1.82) is 0 Å². The minimum atomic E-state index is -1.02. The highest BCUT2D eigenvalue weighted by Gasteiger charge is 2.15. The molecule has 0 saturated heterocycles. The van der Waals surface area contributed by atoms with Crippen LogP contribution in [0.15, 0.2) is 61.1 Å². The summed E-state index contributed by atoms with van der Waals surface area (Å²) in [4.78, 5) is 21.0. The standard InChI is InChI=1S/C22H19F2N5O2/c1-31-16-4-2-3-14(11-16)21-22(29-10-9-25-13-19(29)28-21)26-8-7-20(30)27-15-5-6-17(23)18(24)12-15/h2-6,9-13,26H,7-8H2,1H3,(H,27,30). The van der Waals surface area contributed by atoms with E-state index in [1.54, 1.807) is 25.7 Å². The molecule has 2 aromatic carbocycles. The maximum absolute atomic E-state index is 13.3. The normalized spacial score (nSPS) is 10.8. The van der Waals surface area contributed by atoms with Gasteiger partial charge in [-0.15, -0.1) is 0 Å². The molecule has 0 aliphatic rings. The Kier molecular flexibility index (Phi) is 5.74. The molecule has 4 aromatic rings. The van der Waals surface area contributed by atoms with E-state index in [0.29, 0.717) is 29.5 Å². The third-order valence-corrected chi connectivity index (χ3v) is 4.62. The van der Waals surface area contributed by atoms with E-state index in [4.69, 9.17) is 4.74 Å². The van der Waals surface area contributed by atoms with Gasteiger partial charge in [0.1, 0.15) is 17.3 Å². The van der Waals surface area contributed by atoms with Gasteiger partial charge in [0.25, 0.3) is 0 Å².